The van der Waals surface area contributed by atoms with Crippen molar-refractivity contribution in [3.63, 3.8) is 0 Å². The molecule has 8 nitrogen and oxygen atoms in total. The van der Waals surface area contributed by atoms with E-state index in [-0.39, 0.29) is 50.1 Å². The van der Waals surface area contributed by atoms with Gasteiger partial charge in [0.05, 0.1) is 19.0 Å². The van der Waals surface area contributed by atoms with Crippen LogP contribution in [0.15, 0.2) is 65.2 Å². The van der Waals surface area contributed by atoms with E-state index in [2.05, 4.69) is 15.5 Å². The minimum atomic E-state index is -0.295. The Morgan fingerprint density at radius 1 is 1.03 bits per heavy atom. The summed E-state index contributed by atoms with van der Waals surface area (Å²) in [5, 5.41) is 15.4. The lowest BCUT2D eigenvalue weighted by molar-refractivity contribution is -0.125. The number of hydrogen-bond acceptors (Lipinski definition) is 6. The molecule has 0 aliphatic rings. The molecule has 0 saturated carbocycles. The molecule has 0 spiro atoms. The zero-order valence-corrected chi connectivity index (χ0v) is 16.3. The predicted octanol–water partition coefficient (Wildman–Crippen LogP) is 3.08. The molecule has 3 rings (SSSR count). The summed E-state index contributed by atoms with van der Waals surface area (Å²) in [5.74, 6) is 0.228. The number of nitriles is 1. The maximum atomic E-state index is 12.6. The molecule has 0 bridgehead atoms. The Bertz CT molecular complexity index is 1010. The maximum absolute atomic E-state index is 12.6. The predicted molar refractivity (Wildman–Crippen MR) is 110 cm³/mol. The summed E-state index contributed by atoms with van der Waals surface area (Å²) in [7, 11) is 0. The molecule has 1 aromatic heterocycles. The fraction of sp³-hybridized carbons (Fsp3) is 0.227. The molecule has 30 heavy (non-hydrogen) atoms. The fourth-order valence-electron chi connectivity index (χ4n) is 2.82. The van der Waals surface area contributed by atoms with Crippen LogP contribution >= 0.6 is 0 Å². The van der Waals surface area contributed by atoms with Gasteiger partial charge >= 0.3 is 0 Å². The highest BCUT2D eigenvalue weighted by Crippen LogP contribution is 2.16. The highest BCUT2D eigenvalue weighted by Gasteiger charge is 2.17. The van der Waals surface area contributed by atoms with E-state index in [1.165, 1.54) is 4.90 Å². The first-order valence-electron chi connectivity index (χ1n) is 9.54. The summed E-state index contributed by atoms with van der Waals surface area (Å²) in [6.45, 7) is 0.370. The Hall–Kier alpha value is -3.99. The molecule has 1 N–H and O–H groups in total. The minimum absolute atomic E-state index is 0.0222. The van der Waals surface area contributed by atoms with E-state index in [1.807, 2.05) is 54.6 Å². The highest BCUT2D eigenvalue weighted by molar-refractivity contribution is 5.95. The zero-order chi connectivity index (χ0) is 21.2. The highest BCUT2D eigenvalue weighted by atomic mass is 16.5. The fourth-order valence-corrected chi connectivity index (χ4v) is 2.82. The largest absolute Gasteiger partial charge is 0.347 e. The van der Waals surface area contributed by atoms with Crippen LogP contribution in [0.25, 0.3) is 11.4 Å². The van der Waals surface area contributed by atoms with Crippen LogP contribution in [0.5, 0.6) is 0 Å². The minimum Gasteiger partial charge on any atom is -0.347 e. The molecular formula is C22H21N5O3. The van der Waals surface area contributed by atoms with Gasteiger partial charge in [-0.05, 0) is 12.1 Å². The Kier molecular flexibility index (Phi) is 7.28. The molecule has 8 heteroatoms. The number of aromatic nitrogens is 2. The van der Waals surface area contributed by atoms with Crippen molar-refractivity contribution in [2.45, 2.75) is 25.8 Å². The SMILES string of the molecule is N#CCCN(C(=O)CCC(=O)NCc1nc(-c2ccccc2)no1)c1ccccc1. The smallest absolute Gasteiger partial charge is 0.246 e. The topological polar surface area (TPSA) is 112 Å². The van der Waals surface area contributed by atoms with Gasteiger partial charge in [-0.15, -0.1) is 0 Å². The van der Waals surface area contributed by atoms with Crippen LogP contribution in [0.4, 0.5) is 5.69 Å². The van der Waals surface area contributed by atoms with Gasteiger partial charge in [-0.1, -0.05) is 53.7 Å². The quantitative estimate of drug-likeness (QED) is 0.588. The molecule has 2 amide bonds. The molecule has 0 unspecified atom stereocenters. The zero-order valence-electron chi connectivity index (χ0n) is 16.3. The molecule has 0 aliphatic carbocycles. The molecule has 0 saturated heterocycles. The second-order valence-corrected chi connectivity index (χ2v) is 6.44. The summed E-state index contributed by atoms with van der Waals surface area (Å²) in [5.41, 5.74) is 1.53. The van der Waals surface area contributed by atoms with Crippen LogP contribution < -0.4 is 10.2 Å². The van der Waals surface area contributed by atoms with Crippen molar-refractivity contribution in [3.8, 4) is 17.5 Å². The van der Waals surface area contributed by atoms with Gasteiger partial charge in [-0.25, -0.2) is 0 Å². The van der Waals surface area contributed by atoms with Crippen molar-refractivity contribution in [1.29, 1.82) is 5.26 Å². The summed E-state index contributed by atoms with van der Waals surface area (Å²) < 4.78 is 5.15. The van der Waals surface area contributed by atoms with Crippen molar-refractivity contribution >= 4 is 17.5 Å². The lowest BCUT2D eigenvalue weighted by Gasteiger charge is -2.21. The number of amides is 2. The first kappa shape index (κ1) is 20.7. The third kappa shape index (κ3) is 5.75. The summed E-state index contributed by atoms with van der Waals surface area (Å²) in [6.07, 6.45) is 0.271. The van der Waals surface area contributed by atoms with Gasteiger partial charge in [0, 0.05) is 30.6 Å². The van der Waals surface area contributed by atoms with Crippen molar-refractivity contribution in [2.75, 3.05) is 11.4 Å². The maximum Gasteiger partial charge on any atom is 0.246 e. The lowest BCUT2D eigenvalue weighted by Crippen LogP contribution is -2.33. The second-order valence-electron chi connectivity index (χ2n) is 6.44. The first-order chi connectivity index (χ1) is 14.7. The van der Waals surface area contributed by atoms with Crippen LogP contribution in [-0.2, 0) is 16.1 Å². The van der Waals surface area contributed by atoms with Crippen molar-refractivity contribution in [3.05, 3.63) is 66.6 Å². The van der Waals surface area contributed by atoms with E-state index in [9.17, 15) is 9.59 Å². The van der Waals surface area contributed by atoms with Crippen LogP contribution in [0, 0.1) is 11.3 Å². The van der Waals surface area contributed by atoms with Crippen LogP contribution in [0.3, 0.4) is 0 Å². The molecule has 0 atom stereocenters. The van der Waals surface area contributed by atoms with Crippen LogP contribution in [-0.4, -0.2) is 28.5 Å². The molecule has 0 fully saturated rings. The second kappa shape index (κ2) is 10.5. The average molecular weight is 403 g/mol. The van der Waals surface area contributed by atoms with Crippen molar-refractivity contribution in [1.82, 2.24) is 15.5 Å². The van der Waals surface area contributed by atoms with Crippen molar-refractivity contribution in [2.24, 2.45) is 0 Å². The molecular weight excluding hydrogens is 382 g/mol. The molecule has 1 heterocycles. The van der Waals surface area contributed by atoms with Gasteiger partial charge in [-0.2, -0.15) is 10.2 Å². The molecule has 2 aromatic carbocycles. The van der Waals surface area contributed by atoms with Gasteiger partial charge in [0.1, 0.15) is 0 Å². The summed E-state index contributed by atoms with van der Waals surface area (Å²) in [6, 6.07) is 20.5. The van der Waals surface area contributed by atoms with E-state index in [4.69, 9.17) is 9.78 Å². The third-order valence-electron chi connectivity index (χ3n) is 4.32. The number of nitrogens with zero attached hydrogens (tertiary/aromatic N) is 4. The standard InChI is InChI=1S/C22H21N5O3/c23-14-7-15-27(18-10-5-2-6-11-18)21(29)13-12-19(28)24-16-20-25-22(26-30-20)17-8-3-1-4-9-17/h1-6,8-11H,7,12-13,15-16H2,(H,24,28). The number of anilines is 1. The van der Waals surface area contributed by atoms with Crippen molar-refractivity contribution < 1.29 is 14.1 Å². The van der Waals surface area contributed by atoms with E-state index >= 15 is 0 Å². The number of benzene rings is 2. The number of carbonyl (C=O) groups is 2. The summed E-state index contributed by atoms with van der Waals surface area (Å²) >= 11 is 0. The van der Waals surface area contributed by atoms with E-state index in [0.29, 0.717) is 11.5 Å². The normalized spacial score (nSPS) is 10.2. The number of hydrogen-bond donors (Lipinski definition) is 1. The summed E-state index contributed by atoms with van der Waals surface area (Å²) in [4.78, 5) is 30.5. The van der Waals surface area contributed by atoms with Gasteiger partial charge in [0.2, 0.25) is 23.5 Å². The van der Waals surface area contributed by atoms with E-state index < -0.39 is 0 Å². The molecule has 0 radical (unpaired) electrons. The van der Waals surface area contributed by atoms with Crippen LogP contribution in [0.2, 0.25) is 0 Å². The molecule has 3 aromatic rings. The Morgan fingerprint density at radius 3 is 2.43 bits per heavy atom. The average Bonchev–Trinajstić information content (AvgIpc) is 3.27. The monoisotopic (exact) mass is 403 g/mol. The van der Waals surface area contributed by atoms with Gasteiger partial charge in [0.25, 0.3) is 0 Å². The Balaban J connectivity index is 1.49. The van der Waals surface area contributed by atoms with E-state index in [1.54, 1.807) is 12.1 Å². The number of nitrogens with one attached hydrogen (secondary N) is 1. The molecule has 152 valence electrons. The number of para-hydroxylation sites is 1. The number of rotatable bonds is 9. The molecule has 0 aliphatic heterocycles. The third-order valence-corrected chi connectivity index (χ3v) is 4.32. The van der Waals surface area contributed by atoms with Gasteiger partial charge < -0.3 is 14.7 Å². The first-order valence-corrected chi connectivity index (χ1v) is 9.54. The van der Waals surface area contributed by atoms with Gasteiger partial charge in [-0.3, -0.25) is 9.59 Å². The lowest BCUT2D eigenvalue weighted by atomic mass is 10.2. The van der Waals surface area contributed by atoms with Gasteiger partial charge in [0.15, 0.2) is 0 Å². The van der Waals surface area contributed by atoms with E-state index in [0.717, 1.165) is 5.56 Å². The Morgan fingerprint density at radius 2 is 1.73 bits per heavy atom. The van der Waals surface area contributed by atoms with Crippen LogP contribution in [0.1, 0.15) is 25.2 Å². The Labute approximate surface area is 174 Å². The number of carbonyl (C=O) groups excluding carboxylic acids is 2.